The Labute approximate surface area is 168 Å². The Morgan fingerprint density at radius 2 is 1.54 bits per heavy atom. The first-order chi connectivity index (χ1) is 13.7. The molecule has 0 saturated carbocycles. The van der Waals surface area contributed by atoms with Crippen molar-refractivity contribution in [3.05, 3.63) is 94.3 Å². The number of nitrogens with zero attached hydrogens (tertiary/aromatic N) is 2. The zero-order valence-electron chi connectivity index (χ0n) is 15.5. The molecule has 0 bridgehead atoms. The molecule has 0 unspecified atom stereocenters. The van der Waals surface area contributed by atoms with E-state index in [1.807, 2.05) is 90.1 Å². The topological polar surface area (TPSA) is 40.6 Å². The molecule has 140 valence electrons. The van der Waals surface area contributed by atoms with Gasteiger partial charge in [-0.15, -0.1) is 11.3 Å². The number of likely N-dealkylation sites (N-methyl/N-ethyl adjacent to an activating group) is 1. The maximum absolute atomic E-state index is 13.3. The first-order valence-corrected chi connectivity index (χ1v) is 10.0. The lowest BCUT2D eigenvalue weighted by atomic mass is 10.1. The van der Waals surface area contributed by atoms with Crippen LogP contribution in [-0.2, 0) is 16.0 Å². The summed E-state index contributed by atoms with van der Waals surface area (Å²) in [6.07, 6.45) is 0.637. The second kappa shape index (κ2) is 7.82. The Balaban J connectivity index is 1.68. The van der Waals surface area contributed by atoms with Gasteiger partial charge in [0, 0.05) is 24.2 Å². The average Bonchev–Trinajstić information content (AvgIpc) is 3.34. The molecule has 0 fully saturated rings. The molecule has 2 heterocycles. The van der Waals surface area contributed by atoms with Crippen LogP contribution in [0.4, 0.5) is 5.69 Å². The molecule has 2 aromatic carbocycles. The van der Waals surface area contributed by atoms with Crippen molar-refractivity contribution in [1.82, 2.24) is 4.90 Å². The summed E-state index contributed by atoms with van der Waals surface area (Å²) < 4.78 is 0. The highest BCUT2D eigenvalue weighted by atomic mass is 32.1. The lowest BCUT2D eigenvalue weighted by Crippen LogP contribution is -2.35. The second-order valence-electron chi connectivity index (χ2n) is 6.59. The van der Waals surface area contributed by atoms with Gasteiger partial charge in [0.2, 0.25) is 0 Å². The van der Waals surface area contributed by atoms with Gasteiger partial charge in [0.15, 0.2) is 0 Å². The van der Waals surface area contributed by atoms with E-state index < -0.39 is 0 Å². The molecule has 2 amide bonds. The van der Waals surface area contributed by atoms with Gasteiger partial charge in [-0.3, -0.25) is 14.5 Å². The first-order valence-electron chi connectivity index (χ1n) is 9.14. The summed E-state index contributed by atoms with van der Waals surface area (Å²) in [5, 5.41) is 1.92. The van der Waals surface area contributed by atoms with Crippen LogP contribution in [0.5, 0.6) is 0 Å². The third kappa shape index (κ3) is 3.37. The largest absolute Gasteiger partial charge is 0.339 e. The van der Waals surface area contributed by atoms with Gasteiger partial charge >= 0.3 is 0 Å². The Bertz CT molecular complexity index is 1010. The van der Waals surface area contributed by atoms with Crippen LogP contribution in [-0.4, -0.2) is 30.3 Å². The van der Waals surface area contributed by atoms with Crippen molar-refractivity contribution >= 4 is 34.4 Å². The molecular weight excluding hydrogens is 368 g/mol. The minimum absolute atomic E-state index is 0.221. The highest BCUT2D eigenvalue weighted by Gasteiger charge is 2.41. The van der Waals surface area contributed by atoms with E-state index in [1.54, 1.807) is 0 Å². The molecule has 0 saturated heterocycles. The van der Waals surface area contributed by atoms with E-state index >= 15 is 0 Å². The number of amides is 2. The average molecular weight is 388 g/mol. The highest BCUT2D eigenvalue weighted by molar-refractivity contribution is 7.11. The number of imide groups is 1. The minimum atomic E-state index is -0.240. The SMILES string of the molecule is CN(C1=C(c2cccs2)C(=O)N(CCc2ccccc2)C1=O)c1ccccc1. The van der Waals surface area contributed by atoms with Crippen LogP contribution < -0.4 is 4.90 Å². The van der Waals surface area contributed by atoms with Crippen molar-refractivity contribution in [3.63, 3.8) is 0 Å². The Morgan fingerprint density at radius 1 is 0.857 bits per heavy atom. The van der Waals surface area contributed by atoms with Crippen molar-refractivity contribution < 1.29 is 9.59 Å². The fourth-order valence-electron chi connectivity index (χ4n) is 3.39. The fourth-order valence-corrected chi connectivity index (χ4v) is 4.15. The molecule has 0 N–H and O–H groups in total. The molecule has 28 heavy (non-hydrogen) atoms. The van der Waals surface area contributed by atoms with Crippen LogP contribution in [0.2, 0.25) is 0 Å². The van der Waals surface area contributed by atoms with E-state index in [4.69, 9.17) is 0 Å². The van der Waals surface area contributed by atoms with Crippen LogP contribution in [0.15, 0.2) is 83.9 Å². The quantitative estimate of drug-likeness (QED) is 0.594. The molecule has 0 spiro atoms. The number of thiophene rings is 1. The molecule has 1 aliphatic rings. The Hall–Kier alpha value is -3.18. The lowest BCUT2D eigenvalue weighted by molar-refractivity contribution is -0.136. The fraction of sp³-hybridized carbons (Fsp3) is 0.130. The molecule has 4 nitrogen and oxygen atoms in total. The number of carbonyl (C=O) groups is 2. The summed E-state index contributed by atoms with van der Waals surface area (Å²) in [7, 11) is 1.84. The lowest BCUT2D eigenvalue weighted by Gasteiger charge is -2.21. The van der Waals surface area contributed by atoms with Crippen molar-refractivity contribution in [1.29, 1.82) is 0 Å². The monoisotopic (exact) mass is 388 g/mol. The van der Waals surface area contributed by atoms with Crippen molar-refractivity contribution in [2.75, 3.05) is 18.5 Å². The molecule has 4 rings (SSSR count). The van der Waals surface area contributed by atoms with Crippen LogP contribution in [0, 0.1) is 0 Å². The van der Waals surface area contributed by atoms with E-state index in [0.717, 1.165) is 16.1 Å². The summed E-state index contributed by atoms with van der Waals surface area (Å²) in [6, 6.07) is 23.3. The zero-order valence-corrected chi connectivity index (χ0v) is 16.4. The molecule has 0 radical (unpaired) electrons. The van der Waals surface area contributed by atoms with Crippen LogP contribution >= 0.6 is 11.3 Å². The van der Waals surface area contributed by atoms with Gasteiger partial charge in [-0.2, -0.15) is 0 Å². The van der Waals surface area contributed by atoms with Gasteiger partial charge in [-0.05, 0) is 35.6 Å². The molecule has 0 atom stereocenters. The number of benzene rings is 2. The number of rotatable bonds is 6. The van der Waals surface area contributed by atoms with Crippen molar-refractivity contribution in [2.24, 2.45) is 0 Å². The van der Waals surface area contributed by atoms with Crippen LogP contribution in [0.3, 0.4) is 0 Å². The van der Waals surface area contributed by atoms with E-state index in [2.05, 4.69) is 0 Å². The predicted molar refractivity (Wildman–Crippen MR) is 113 cm³/mol. The van der Waals surface area contributed by atoms with Gasteiger partial charge in [-0.1, -0.05) is 54.6 Å². The number of carbonyl (C=O) groups excluding carboxylic acids is 2. The van der Waals surface area contributed by atoms with Gasteiger partial charge in [0.25, 0.3) is 11.8 Å². The Kier molecular flexibility index (Phi) is 5.08. The standard InChI is InChI=1S/C23H20N2O2S/c1-24(18-11-6-3-7-12-18)21-20(19-13-8-16-28-19)22(26)25(23(21)27)15-14-17-9-4-2-5-10-17/h2-13,16H,14-15H2,1H3. The summed E-state index contributed by atoms with van der Waals surface area (Å²) >= 11 is 1.47. The number of anilines is 1. The number of hydrogen-bond acceptors (Lipinski definition) is 4. The summed E-state index contributed by atoms with van der Waals surface area (Å²) in [4.78, 5) is 30.5. The van der Waals surface area contributed by atoms with Gasteiger partial charge in [0.1, 0.15) is 5.70 Å². The normalized spacial score (nSPS) is 14.1. The Morgan fingerprint density at radius 3 is 2.18 bits per heavy atom. The summed E-state index contributed by atoms with van der Waals surface area (Å²) in [5.41, 5.74) is 2.90. The first kappa shape index (κ1) is 18.2. The van der Waals surface area contributed by atoms with Gasteiger partial charge in [-0.25, -0.2) is 0 Å². The molecular formula is C23H20N2O2S. The predicted octanol–water partition coefficient (Wildman–Crippen LogP) is 4.21. The van der Waals surface area contributed by atoms with Crippen molar-refractivity contribution in [2.45, 2.75) is 6.42 Å². The molecule has 1 aliphatic heterocycles. The van der Waals surface area contributed by atoms with Crippen LogP contribution in [0.25, 0.3) is 5.57 Å². The third-order valence-corrected chi connectivity index (χ3v) is 5.74. The summed E-state index contributed by atoms with van der Waals surface area (Å²) in [6.45, 7) is 0.364. The molecule has 3 aromatic rings. The minimum Gasteiger partial charge on any atom is -0.339 e. The smallest absolute Gasteiger partial charge is 0.278 e. The zero-order chi connectivity index (χ0) is 19.5. The van der Waals surface area contributed by atoms with E-state index in [1.165, 1.54) is 16.2 Å². The van der Waals surface area contributed by atoms with Crippen molar-refractivity contribution in [3.8, 4) is 0 Å². The third-order valence-electron chi connectivity index (χ3n) is 4.86. The van der Waals surface area contributed by atoms with E-state index in [9.17, 15) is 9.59 Å². The van der Waals surface area contributed by atoms with Gasteiger partial charge < -0.3 is 4.90 Å². The molecule has 0 aliphatic carbocycles. The van der Waals surface area contributed by atoms with Gasteiger partial charge in [0.05, 0.1) is 5.57 Å². The molecule has 1 aromatic heterocycles. The highest BCUT2D eigenvalue weighted by Crippen LogP contribution is 2.35. The maximum Gasteiger partial charge on any atom is 0.278 e. The maximum atomic E-state index is 13.3. The number of para-hydroxylation sites is 1. The van der Waals surface area contributed by atoms with E-state index in [-0.39, 0.29) is 11.8 Å². The van der Waals surface area contributed by atoms with Crippen LogP contribution in [0.1, 0.15) is 10.4 Å². The van der Waals surface area contributed by atoms with E-state index in [0.29, 0.717) is 24.2 Å². The second-order valence-corrected chi connectivity index (χ2v) is 7.54. The summed E-state index contributed by atoms with van der Waals surface area (Å²) in [5.74, 6) is -0.461. The molecule has 5 heteroatoms. The number of hydrogen-bond donors (Lipinski definition) is 0.